The molecule has 0 radical (unpaired) electrons. The summed E-state index contributed by atoms with van der Waals surface area (Å²) in [5.74, 6) is -1.40. The van der Waals surface area contributed by atoms with Gasteiger partial charge in [0.1, 0.15) is 15.6 Å². The highest BCUT2D eigenvalue weighted by Gasteiger charge is 2.40. The van der Waals surface area contributed by atoms with E-state index < -0.39 is 57.2 Å². The first-order chi connectivity index (χ1) is 18.8. The normalized spacial score (nSPS) is 21.5. The number of hydrogen-bond donors (Lipinski definition) is 3. The van der Waals surface area contributed by atoms with Crippen molar-refractivity contribution >= 4 is 27.3 Å². The molecule has 16 heteroatoms. The highest BCUT2D eigenvalue weighted by molar-refractivity contribution is 7.91. The minimum Gasteiger partial charge on any atom is -0.434 e. The summed E-state index contributed by atoms with van der Waals surface area (Å²) in [6.45, 7) is -1.01. The number of amides is 1. The largest absolute Gasteiger partial charge is 0.434 e. The second kappa shape index (κ2) is 12.0. The van der Waals surface area contributed by atoms with Gasteiger partial charge in [-0.05, 0) is 57.2 Å². The van der Waals surface area contributed by atoms with E-state index in [4.69, 9.17) is 11.6 Å². The van der Waals surface area contributed by atoms with E-state index in [0.717, 1.165) is 31.4 Å². The Kier molecular flexibility index (Phi) is 9.68. The van der Waals surface area contributed by atoms with Gasteiger partial charge in [-0.1, -0.05) is 17.7 Å². The van der Waals surface area contributed by atoms with Gasteiger partial charge in [-0.3, -0.25) is 9.48 Å². The number of ether oxygens (including phenoxy) is 1. The second-order valence-electron chi connectivity index (χ2n) is 10.4. The summed E-state index contributed by atoms with van der Waals surface area (Å²) in [6.07, 6.45) is -4.56. The number of aromatic nitrogens is 2. The molecule has 41 heavy (non-hydrogen) atoms. The average Bonchev–Trinajstić information content (AvgIpc) is 3.16. The standard InChI is InChI=1S/C25H31ClF5N3O6S/c1-4-34-20(16-6-5-14(11-17(16)40-22(27)28)23(2,36)12-25(29,30)31)18(26)19(33-34)21(35)32-13-24(37)9-7-15(8-10-24)41(3,38)39/h5-6,11,15,22,36-37H,4,7-10,12-13H2,1-3H3,(H,32,35)/t15?,23-,24?/m0/s1. The fourth-order valence-corrected chi connectivity index (χ4v) is 6.29. The lowest BCUT2D eigenvalue weighted by molar-refractivity contribution is -0.174. The van der Waals surface area contributed by atoms with Crippen LogP contribution in [0.3, 0.4) is 0 Å². The third-order valence-corrected chi connectivity index (χ3v) is 9.12. The minimum absolute atomic E-state index is 0.0376. The summed E-state index contributed by atoms with van der Waals surface area (Å²) >= 11 is 6.47. The van der Waals surface area contributed by atoms with Crippen LogP contribution in [-0.2, 0) is 22.0 Å². The molecule has 0 aliphatic heterocycles. The maximum absolute atomic E-state index is 13.3. The Balaban J connectivity index is 1.91. The summed E-state index contributed by atoms with van der Waals surface area (Å²) in [6, 6.07) is 3.08. The van der Waals surface area contributed by atoms with Crippen LogP contribution in [0.2, 0.25) is 5.02 Å². The van der Waals surface area contributed by atoms with Crippen LogP contribution in [0.15, 0.2) is 18.2 Å². The lowest BCUT2D eigenvalue weighted by Gasteiger charge is -2.35. The van der Waals surface area contributed by atoms with Crippen LogP contribution >= 0.6 is 11.6 Å². The number of aliphatic hydroxyl groups is 2. The van der Waals surface area contributed by atoms with Crippen molar-refractivity contribution in [2.45, 2.75) is 81.7 Å². The van der Waals surface area contributed by atoms with Gasteiger partial charge in [-0.25, -0.2) is 8.42 Å². The van der Waals surface area contributed by atoms with Crippen molar-refractivity contribution in [3.8, 4) is 17.0 Å². The van der Waals surface area contributed by atoms with E-state index >= 15 is 0 Å². The van der Waals surface area contributed by atoms with E-state index in [1.165, 1.54) is 4.68 Å². The zero-order valence-corrected chi connectivity index (χ0v) is 24.0. The molecule has 1 amide bonds. The van der Waals surface area contributed by atoms with E-state index in [9.17, 15) is 45.4 Å². The van der Waals surface area contributed by atoms with Crippen molar-refractivity contribution in [3.63, 3.8) is 0 Å². The quantitative estimate of drug-likeness (QED) is 0.331. The summed E-state index contributed by atoms with van der Waals surface area (Å²) in [5.41, 5.74) is -4.63. The van der Waals surface area contributed by atoms with Crippen LogP contribution in [0.1, 0.15) is 62.0 Å². The van der Waals surface area contributed by atoms with Gasteiger partial charge in [0.05, 0.1) is 33.6 Å². The number of nitrogens with one attached hydrogen (secondary N) is 1. The number of carbonyl (C=O) groups is 1. The lowest BCUT2D eigenvalue weighted by atomic mass is 9.84. The Hall–Kier alpha value is -2.49. The Morgan fingerprint density at radius 2 is 1.90 bits per heavy atom. The summed E-state index contributed by atoms with van der Waals surface area (Å²) in [5, 5.41) is 27.1. The average molecular weight is 632 g/mol. The maximum Gasteiger partial charge on any atom is 0.392 e. The molecule has 1 fully saturated rings. The Bertz CT molecular complexity index is 1370. The molecule has 1 heterocycles. The molecule has 0 bridgehead atoms. The van der Waals surface area contributed by atoms with Crippen molar-refractivity contribution in [1.29, 1.82) is 0 Å². The van der Waals surface area contributed by atoms with Crippen LogP contribution in [0.5, 0.6) is 5.75 Å². The topological polar surface area (TPSA) is 131 Å². The zero-order chi connectivity index (χ0) is 31.0. The second-order valence-corrected chi connectivity index (χ2v) is 13.1. The monoisotopic (exact) mass is 631 g/mol. The van der Waals surface area contributed by atoms with Crippen molar-refractivity contribution < 1.29 is 50.1 Å². The number of carbonyl (C=O) groups excluding carboxylic acids is 1. The van der Waals surface area contributed by atoms with Gasteiger partial charge in [-0.2, -0.15) is 27.1 Å². The van der Waals surface area contributed by atoms with Gasteiger partial charge in [0, 0.05) is 24.9 Å². The lowest BCUT2D eigenvalue weighted by Crippen LogP contribution is -2.47. The molecule has 1 atom stereocenters. The van der Waals surface area contributed by atoms with E-state index in [2.05, 4.69) is 15.2 Å². The first-order valence-corrected chi connectivity index (χ1v) is 14.9. The van der Waals surface area contributed by atoms with Crippen LogP contribution < -0.4 is 10.1 Å². The molecule has 0 saturated heterocycles. The molecule has 0 spiro atoms. The third kappa shape index (κ3) is 8.08. The van der Waals surface area contributed by atoms with Gasteiger partial charge in [0.2, 0.25) is 0 Å². The van der Waals surface area contributed by atoms with Gasteiger partial charge < -0.3 is 20.3 Å². The molecule has 230 valence electrons. The fraction of sp³-hybridized carbons (Fsp3) is 0.600. The number of sulfone groups is 1. The predicted molar refractivity (Wildman–Crippen MR) is 140 cm³/mol. The van der Waals surface area contributed by atoms with Gasteiger partial charge in [-0.15, -0.1) is 0 Å². The molecule has 0 unspecified atom stereocenters. The van der Waals surface area contributed by atoms with E-state index in [-0.39, 0.29) is 66.3 Å². The van der Waals surface area contributed by atoms with Gasteiger partial charge in [0.15, 0.2) is 5.69 Å². The number of alkyl halides is 5. The Morgan fingerprint density at radius 1 is 1.29 bits per heavy atom. The first-order valence-electron chi connectivity index (χ1n) is 12.6. The Labute approximate surface area is 238 Å². The molecule has 2 aromatic rings. The fourth-order valence-electron chi connectivity index (χ4n) is 4.87. The number of hydrogen-bond acceptors (Lipinski definition) is 7. The molecule has 1 aliphatic rings. The number of halogens is 6. The van der Waals surface area contributed by atoms with Crippen LogP contribution in [0, 0.1) is 0 Å². The SMILES string of the molecule is CCn1nc(C(=O)NCC2(O)CCC(S(C)(=O)=O)CC2)c(Cl)c1-c1ccc([C@@](C)(O)CC(F)(F)F)cc1OC(F)F. The van der Waals surface area contributed by atoms with Crippen molar-refractivity contribution in [3.05, 3.63) is 34.5 Å². The van der Waals surface area contributed by atoms with Crippen molar-refractivity contribution in [2.24, 2.45) is 0 Å². The Morgan fingerprint density at radius 3 is 2.41 bits per heavy atom. The zero-order valence-electron chi connectivity index (χ0n) is 22.4. The molecule has 1 saturated carbocycles. The maximum atomic E-state index is 13.3. The molecule has 9 nitrogen and oxygen atoms in total. The minimum atomic E-state index is -4.75. The molecule has 1 aliphatic carbocycles. The highest BCUT2D eigenvalue weighted by Crippen LogP contribution is 2.42. The molecule has 1 aromatic carbocycles. The molecular formula is C25H31ClF5N3O6S. The number of rotatable bonds is 10. The number of benzene rings is 1. The van der Waals surface area contributed by atoms with Crippen LogP contribution in [0.25, 0.3) is 11.3 Å². The van der Waals surface area contributed by atoms with E-state index in [0.29, 0.717) is 0 Å². The van der Waals surface area contributed by atoms with Crippen molar-refractivity contribution in [1.82, 2.24) is 15.1 Å². The molecular weight excluding hydrogens is 601 g/mol. The summed E-state index contributed by atoms with van der Waals surface area (Å²) in [7, 11) is -3.27. The predicted octanol–water partition coefficient (Wildman–Crippen LogP) is 4.43. The van der Waals surface area contributed by atoms with Gasteiger partial charge in [0.25, 0.3) is 5.91 Å². The van der Waals surface area contributed by atoms with E-state index in [1.54, 1.807) is 6.92 Å². The number of nitrogens with zero attached hydrogens (tertiary/aromatic N) is 2. The molecule has 3 N–H and O–H groups in total. The van der Waals surface area contributed by atoms with E-state index in [1.807, 2.05) is 0 Å². The summed E-state index contributed by atoms with van der Waals surface area (Å²) in [4.78, 5) is 13.0. The highest BCUT2D eigenvalue weighted by atomic mass is 35.5. The number of aryl methyl sites for hydroxylation is 1. The smallest absolute Gasteiger partial charge is 0.392 e. The summed E-state index contributed by atoms with van der Waals surface area (Å²) < 4.78 is 94.9. The first kappa shape index (κ1) is 33.0. The van der Waals surface area contributed by atoms with Crippen LogP contribution in [-0.4, -0.2) is 70.8 Å². The molecule has 3 rings (SSSR count). The van der Waals surface area contributed by atoms with Crippen molar-refractivity contribution in [2.75, 3.05) is 12.8 Å². The van der Waals surface area contributed by atoms with Crippen LogP contribution in [0.4, 0.5) is 22.0 Å². The van der Waals surface area contributed by atoms with Gasteiger partial charge >= 0.3 is 12.8 Å². The third-order valence-electron chi connectivity index (χ3n) is 7.08. The molecule has 1 aromatic heterocycles.